The molecule has 1 heteroatoms. The standard InChI is InChI=1S/C20H35I/c1-9-12-19(13-10-2)16(6)15(5)17(7)20(18(8)21)14(4)11-3/h16,19H,8-13H2,1-7H3/b17-15+,20-14-. The Balaban J connectivity index is 5.58. The van der Waals surface area contributed by atoms with Crippen molar-refractivity contribution in [1.29, 1.82) is 0 Å². The van der Waals surface area contributed by atoms with E-state index in [1.165, 1.54) is 46.0 Å². The van der Waals surface area contributed by atoms with Crippen LogP contribution in [-0.2, 0) is 0 Å². The zero-order valence-corrected chi connectivity index (χ0v) is 17.4. The van der Waals surface area contributed by atoms with E-state index in [1.807, 2.05) is 0 Å². The van der Waals surface area contributed by atoms with Crippen molar-refractivity contribution in [3.05, 3.63) is 32.5 Å². The molecule has 0 aromatic heterocycles. The third kappa shape index (κ3) is 6.30. The van der Waals surface area contributed by atoms with Crippen molar-refractivity contribution in [2.75, 3.05) is 0 Å². The lowest BCUT2D eigenvalue weighted by Gasteiger charge is -2.27. The second-order valence-electron chi connectivity index (χ2n) is 6.35. The predicted octanol–water partition coefficient (Wildman–Crippen LogP) is 7.85. The van der Waals surface area contributed by atoms with Crippen molar-refractivity contribution in [3.63, 3.8) is 0 Å². The minimum Gasteiger partial charge on any atom is -0.0850 e. The van der Waals surface area contributed by atoms with Crippen LogP contribution in [0.15, 0.2) is 32.5 Å². The van der Waals surface area contributed by atoms with E-state index in [0.717, 1.165) is 12.3 Å². The smallest absolute Gasteiger partial charge is 0.0133 e. The number of hydrogen-bond donors (Lipinski definition) is 0. The van der Waals surface area contributed by atoms with Gasteiger partial charge in [-0.3, -0.25) is 0 Å². The van der Waals surface area contributed by atoms with Gasteiger partial charge in [-0.2, -0.15) is 0 Å². The van der Waals surface area contributed by atoms with E-state index in [0.29, 0.717) is 5.92 Å². The van der Waals surface area contributed by atoms with Gasteiger partial charge in [0.25, 0.3) is 0 Å². The Morgan fingerprint density at radius 3 is 1.81 bits per heavy atom. The fourth-order valence-corrected chi connectivity index (χ4v) is 4.07. The summed E-state index contributed by atoms with van der Waals surface area (Å²) in [7, 11) is 0. The van der Waals surface area contributed by atoms with Crippen LogP contribution in [0.5, 0.6) is 0 Å². The van der Waals surface area contributed by atoms with Gasteiger partial charge in [0.05, 0.1) is 0 Å². The summed E-state index contributed by atoms with van der Waals surface area (Å²) in [6, 6.07) is 0. The summed E-state index contributed by atoms with van der Waals surface area (Å²) in [6.45, 7) is 20.3. The summed E-state index contributed by atoms with van der Waals surface area (Å²) < 4.78 is 1.18. The van der Waals surface area contributed by atoms with Crippen molar-refractivity contribution in [2.45, 2.75) is 80.6 Å². The maximum Gasteiger partial charge on any atom is 0.0133 e. The molecule has 0 fully saturated rings. The highest BCUT2D eigenvalue weighted by Gasteiger charge is 2.20. The van der Waals surface area contributed by atoms with Gasteiger partial charge in [0, 0.05) is 3.58 Å². The molecule has 0 heterocycles. The third-order valence-corrected chi connectivity index (χ3v) is 5.44. The first-order valence-electron chi connectivity index (χ1n) is 8.53. The molecule has 0 bridgehead atoms. The molecule has 0 aliphatic heterocycles. The largest absolute Gasteiger partial charge is 0.0850 e. The highest BCUT2D eigenvalue weighted by Crippen LogP contribution is 2.35. The summed E-state index contributed by atoms with van der Waals surface area (Å²) in [6.07, 6.45) is 6.37. The van der Waals surface area contributed by atoms with Crippen LogP contribution >= 0.6 is 22.6 Å². The van der Waals surface area contributed by atoms with Gasteiger partial charge < -0.3 is 0 Å². The van der Waals surface area contributed by atoms with Crippen LogP contribution in [0.3, 0.4) is 0 Å². The Hall–Kier alpha value is -0.0500. The normalized spacial score (nSPS) is 15.7. The van der Waals surface area contributed by atoms with Crippen LogP contribution < -0.4 is 0 Å². The number of allylic oxidation sites excluding steroid dienone is 5. The SMILES string of the molecule is C=C(I)C(=C(/C)CC)/C(C)=C(\C)C(C)C(CCC)CCC. The summed E-state index contributed by atoms with van der Waals surface area (Å²) in [5, 5.41) is 0. The van der Waals surface area contributed by atoms with Crippen LogP contribution in [-0.4, -0.2) is 0 Å². The molecule has 1 unspecified atom stereocenters. The van der Waals surface area contributed by atoms with E-state index in [9.17, 15) is 0 Å². The molecule has 122 valence electrons. The minimum atomic E-state index is 0.667. The molecule has 21 heavy (non-hydrogen) atoms. The highest BCUT2D eigenvalue weighted by atomic mass is 127. The first-order valence-corrected chi connectivity index (χ1v) is 9.61. The lowest BCUT2D eigenvalue weighted by Crippen LogP contribution is -2.14. The topological polar surface area (TPSA) is 0 Å². The molecule has 0 rings (SSSR count). The highest BCUT2D eigenvalue weighted by molar-refractivity contribution is 14.1. The number of halogens is 1. The molecule has 0 spiro atoms. The average Bonchev–Trinajstić information content (AvgIpc) is 2.44. The molecule has 0 N–H and O–H groups in total. The summed E-state index contributed by atoms with van der Waals surface area (Å²) in [4.78, 5) is 0. The number of hydrogen-bond acceptors (Lipinski definition) is 0. The fourth-order valence-electron chi connectivity index (χ4n) is 3.21. The van der Waals surface area contributed by atoms with Crippen LogP contribution in [0.4, 0.5) is 0 Å². The van der Waals surface area contributed by atoms with Crippen molar-refractivity contribution in [3.8, 4) is 0 Å². The van der Waals surface area contributed by atoms with Crippen LogP contribution in [0.1, 0.15) is 80.6 Å². The Labute approximate surface area is 147 Å². The zero-order chi connectivity index (χ0) is 16.6. The molecule has 0 radical (unpaired) electrons. The first kappa shape index (κ1) is 20.9. The quantitative estimate of drug-likeness (QED) is 0.272. The van der Waals surface area contributed by atoms with E-state index in [4.69, 9.17) is 0 Å². The predicted molar refractivity (Wildman–Crippen MR) is 107 cm³/mol. The average molecular weight is 402 g/mol. The van der Waals surface area contributed by atoms with Crippen molar-refractivity contribution in [2.24, 2.45) is 11.8 Å². The van der Waals surface area contributed by atoms with Gasteiger partial charge in [0.1, 0.15) is 0 Å². The molecular weight excluding hydrogens is 367 g/mol. The van der Waals surface area contributed by atoms with Crippen molar-refractivity contribution in [1.82, 2.24) is 0 Å². The van der Waals surface area contributed by atoms with Gasteiger partial charge in [0.2, 0.25) is 0 Å². The maximum absolute atomic E-state index is 4.20. The molecule has 0 aromatic rings. The molecule has 0 nitrogen and oxygen atoms in total. The second kappa shape index (κ2) is 10.6. The molecule has 0 amide bonds. The number of rotatable bonds is 9. The van der Waals surface area contributed by atoms with Crippen molar-refractivity contribution >= 4 is 22.6 Å². The summed E-state index contributed by atoms with van der Waals surface area (Å²) in [5.41, 5.74) is 5.87. The summed E-state index contributed by atoms with van der Waals surface area (Å²) >= 11 is 2.38. The molecule has 0 saturated carbocycles. The van der Waals surface area contributed by atoms with E-state index >= 15 is 0 Å². The lowest BCUT2D eigenvalue weighted by molar-refractivity contribution is 0.344. The van der Waals surface area contributed by atoms with E-state index in [-0.39, 0.29) is 0 Å². The molecule has 0 aliphatic rings. The molecule has 0 saturated heterocycles. The van der Waals surface area contributed by atoms with Gasteiger partial charge in [-0.05, 0) is 72.8 Å². The second-order valence-corrected chi connectivity index (χ2v) is 7.65. The van der Waals surface area contributed by atoms with Crippen LogP contribution in [0, 0.1) is 11.8 Å². The zero-order valence-electron chi connectivity index (χ0n) is 15.3. The van der Waals surface area contributed by atoms with Gasteiger partial charge in [-0.1, -0.05) is 71.1 Å². The van der Waals surface area contributed by atoms with Crippen LogP contribution in [0.25, 0.3) is 0 Å². The van der Waals surface area contributed by atoms with Gasteiger partial charge >= 0.3 is 0 Å². The van der Waals surface area contributed by atoms with Crippen molar-refractivity contribution < 1.29 is 0 Å². The molecule has 0 aliphatic carbocycles. The first-order chi connectivity index (χ1) is 9.81. The molecule has 1 atom stereocenters. The van der Waals surface area contributed by atoms with E-state index in [1.54, 1.807) is 5.57 Å². The monoisotopic (exact) mass is 402 g/mol. The fraction of sp³-hybridized carbons (Fsp3) is 0.700. The summed E-state index contributed by atoms with van der Waals surface area (Å²) in [5.74, 6) is 1.49. The Bertz CT molecular complexity index is 392. The van der Waals surface area contributed by atoms with Gasteiger partial charge in [-0.25, -0.2) is 0 Å². The van der Waals surface area contributed by atoms with Gasteiger partial charge in [-0.15, -0.1) is 0 Å². The van der Waals surface area contributed by atoms with E-state index < -0.39 is 0 Å². The minimum absolute atomic E-state index is 0.667. The maximum atomic E-state index is 4.20. The molecule has 0 aromatic carbocycles. The van der Waals surface area contributed by atoms with E-state index in [2.05, 4.69) is 77.6 Å². The van der Waals surface area contributed by atoms with Crippen LogP contribution in [0.2, 0.25) is 0 Å². The molecular formula is C20H35I. The third-order valence-electron chi connectivity index (χ3n) is 4.90. The Kier molecular flexibility index (Phi) is 10.6. The van der Waals surface area contributed by atoms with Gasteiger partial charge in [0.15, 0.2) is 0 Å². The Morgan fingerprint density at radius 2 is 1.48 bits per heavy atom. The Morgan fingerprint density at radius 1 is 1.00 bits per heavy atom. The lowest BCUT2D eigenvalue weighted by atomic mass is 9.79.